The normalized spacial score (nSPS) is 12.8. The van der Waals surface area contributed by atoms with Crippen molar-refractivity contribution in [2.45, 2.75) is 13.0 Å². The Kier molecular flexibility index (Phi) is 4.83. The zero-order valence-electron chi connectivity index (χ0n) is 11.4. The number of carboxylic acid groups (broad SMARTS) is 1. The third kappa shape index (κ3) is 4.30. The standard InChI is InChI=1S/C12H16N2O5S/c1-8(7-20(3,18)19)14(2)11(15)9-5-4-6-10(13-9)12(16)17/h4-6,8H,7H2,1-3H3,(H,16,17). The molecule has 0 radical (unpaired) electrons. The maximum absolute atomic E-state index is 12.1. The van der Waals surface area contributed by atoms with Crippen LogP contribution in [0.1, 0.15) is 27.9 Å². The van der Waals surface area contributed by atoms with E-state index in [1.54, 1.807) is 6.92 Å². The number of hydrogen-bond donors (Lipinski definition) is 1. The third-order valence-electron chi connectivity index (χ3n) is 2.71. The summed E-state index contributed by atoms with van der Waals surface area (Å²) in [7, 11) is -1.76. The summed E-state index contributed by atoms with van der Waals surface area (Å²) >= 11 is 0. The van der Waals surface area contributed by atoms with Crippen LogP contribution in [0.15, 0.2) is 18.2 Å². The molecule has 0 spiro atoms. The van der Waals surface area contributed by atoms with Crippen LogP contribution >= 0.6 is 0 Å². The Hall–Kier alpha value is -1.96. The van der Waals surface area contributed by atoms with Crippen molar-refractivity contribution in [1.29, 1.82) is 0 Å². The highest BCUT2D eigenvalue weighted by Crippen LogP contribution is 2.07. The lowest BCUT2D eigenvalue weighted by atomic mass is 10.2. The second-order valence-electron chi connectivity index (χ2n) is 4.57. The van der Waals surface area contributed by atoms with Gasteiger partial charge in [-0.2, -0.15) is 0 Å². The number of carbonyl (C=O) groups excluding carboxylic acids is 1. The fourth-order valence-corrected chi connectivity index (χ4v) is 2.70. The Labute approximate surface area is 117 Å². The number of amides is 1. The first-order valence-electron chi connectivity index (χ1n) is 5.77. The van der Waals surface area contributed by atoms with Crippen molar-refractivity contribution < 1.29 is 23.1 Å². The Morgan fingerprint density at radius 2 is 1.90 bits per heavy atom. The first-order valence-corrected chi connectivity index (χ1v) is 7.83. The number of hydrogen-bond acceptors (Lipinski definition) is 5. The molecule has 8 heteroatoms. The third-order valence-corrected chi connectivity index (χ3v) is 3.80. The molecule has 0 bridgehead atoms. The number of rotatable bonds is 5. The molecule has 20 heavy (non-hydrogen) atoms. The Morgan fingerprint density at radius 3 is 2.40 bits per heavy atom. The number of pyridine rings is 1. The molecule has 1 aromatic heterocycles. The van der Waals surface area contributed by atoms with E-state index in [1.807, 2.05) is 0 Å². The monoisotopic (exact) mass is 300 g/mol. The summed E-state index contributed by atoms with van der Waals surface area (Å²) in [6.07, 6.45) is 1.09. The van der Waals surface area contributed by atoms with Crippen LogP contribution in [0.2, 0.25) is 0 Å². The van der Waals surface area contributed by atoms with E-state index in [4.69, 9.17) is 5.11 Å². The highest BCUT2D eigenvalue weighted by molar-refractivity contribution is 7.90. The molecular weight excluding hydrogens is 284 g/mol. The van der Waals surface area contributed by atoms with Crippen LogP contribution in [0.25, 0.3) is 0 Å². The van der Waals surface area contributed by atoms with Crippen molar-refractivity contribution in [3.05, 3.63) is 29.6 Å². The Morgan fingerprint density at radius 1 is 1.35 bits per heavy atom. The summed E-state index contributed by atoms with van der Waals surface area (Å²) in [6.45, 7) is 1.60. The molecule has 0 fully saturated rings. The molecule has 1 rings (SSSR count). The molecule has 0 saturated carbocycles. The van der Waals surface area contributed by atoms with Crippen molar-refractivity contribution in [3.8, 4) is 0 Å². The highest BCUT2D eigenvalue weighted by atomic mass is 32.2. The maximum atomic E-state index is 12.1. The zero-order valence-corrected chi connectivity index (χ0v) is 12.2. The number of sulfone groups is 1. The van der Waals surface area contributed by atoms with E-state index in [-0.39, 0.29) is 17.1 Å². The molecule has 0 aliphatic heterocycles. The van der Waals surface area contributed by atoms with Gasteiger partial charge in [0.15, 0.2) is 0 Å². The van der Waals surface area contributed by atoms with Gasteiger partial charge in [-0.3, -0.25) is 4.79 Å². The summed E-state index contributed by atoms with van der Waals surface area (Å²) in [5.41, 5.74) is -0.271. The molecule has 1 amide bonds. The smallest absolute Gasteiger partial charge is 0.354 e. The van der Waals surface area contributed by atoms with Gasteiger partial charge < -0.3 is 10.0 Å². The van der Waals surface area contributed by atoms with E-state index < -0.39 is 27.8 Å². The summed E-state index contributed by atoms with van der Waals surface area (Å²) in [5.74, 6) is -1.93. The topological polar surface area (TPSA) is 105 Å². The lowest BCUT2D eigenvalue weighted by Crippen LogP contribution is -2.39. The maximum Gasteiger partial charge on any atom is 0.354 e. The van der Waals surface area contributed by atoms with Gasteiger partial charge in [0, 0.05) is 19.3 Å². The van der Waals surface area contributed by atoms with Gasteiger partial charge in [-0.05, 0) is 19.1 Å². The first kappa shape index (κ1) is 16.1. The fraction of sp³-hybridized carbons (Fsp3) is 0.417. The predicted molar refractivity (Wildman–Crippen MR) is 72.5 cm³/mol. The number of carbonyl (C=O) groups is 2. The SMILES string of the molecule is CC(CS(C)(=O)=O)N(C)C(=O)c1cccc(C(=O)O)n1. The molecule has 0 saturated heterocycles. The van der Waals surface area contributed by atoms with E-state index in [0.717, 1.165) is 6.26 Å². The lowest BCUT2D eigenvalue weighted by molar-refractivity contribution is 0.0690. The highest BCUT2D eigenvalue weighted by Gasteiger charge is 2.22. The van der Waals surface area contributed by atoms with Gasteiger partial charge in [0.1, 0.15) is 21.2 Å². The van der Waals surface area contributed by atoms with E-state index in [0.29, 0.717) is 0 Å². The van der Waals surface area contributed by atoms with Crippen molar-refractivity contribution in [2.24, 2.45) is 0 Å². The van der Waals surface area contributed by atoms with Gasteiger partial charge in [0.05, 0.1) is 5.75 Å². The van der Waals surface area contributed by atoms with Crippen molar-refractivity contribution >= 4 is 21.7 Å². The van der Waals surface area contributed by atoms with Gasteiger partial charge in [-0.25, -0.2) is 18.2 Å². The minimum atomic E-state index is -3.21. The Bertz CT molecular complexity index is 626. The number of aromatic nitrogens is 1. The molecule has 0 aliphatic carbocycles. The minimum absolute atomic E-state index is 0.0345. The van der Waals surface area contributed by atoms with Crippen molar-refractivity contribution in [1.82, 2.24) is 9.88 Å². The molecule has 0 aromatic carbocycles. The summed E-state index contributed by atoms with van der Waals surface area (Å²) in [5, 5.41) is 8.82. The summed E-state index contributed by atoms with van der Waals surface area (Å²) in [4.78, 5) is 27.9. The van der Waals surface area contributed by atoms with E-state index in [1.165, 1.54) is 30.1 Å². The van der Waals surface area contributed by atoms with E-state index >= 15 is 0 Å². The summed E-state index contributed by atoms with van der Waals surface area (Å²) < 4.78 is 22.4. The minimum Gasteiger partial charge on any atom is -0.477 e. The zero-order chi connectivity index (χ0) is 15.5. The molecule has 1 heterocycles. The second-order valence-corrected chi connectivity index (χ2v) is 6.76. The van der Waals surface area contributed by atoms with Crippen molar-refractivity contribution in [2.75, 3.05) is 19.1 Å². The first-order chi connectivity index (χ1) is 9.11. The number of aromatic carboxylic acids is 1. The molecule has 7 nitrogen and oxygen atoms in total. The van der Waals surface area contributed by atoms with E-state index in [9.17, 15) is 18.0 Å². The molecule has 110 valence electrons. The number of nitrogens with zero attached hydrogens (tertiary/aromatic N) is 2. The molecule has 1 N–H and O–H groups in total. The average molecular weight is 300 g/mol. The van der Waals surface area contributed by atoms with Crippen LogP contribution in [-0.4, -0.2) is 60.4 Å². The quantitative estimate of drug-likeness (QED) is 0.837. The van der Waals surface area contributed by atoms with Crippen LogP contribution in [0.5, 0.6) is 0 Å². The van der Waals surface area contributed by atoms with Crippen LogP contribution in [0, 0.1) is 0 Å². The number of carboxylic acids is 1. The van der Waals surface area contributed by atoms with Crippen molar-refractivity contribution in [3.63, 3.8) is 0 Å². The fourth-order valence-electron chi connectivity index (χ4n) is 1.60. The van der Waals surface area contributed by atoms with Gasteiger partial charge in [0.2, 0.25) is 0 Å². The molecule has 0 aliphatic rings. The van der Waals surface area contributed by atoms with Gasteiger partial charge >= 0.3 is 5.97 Å². The van der Waals surface area contributed by atoms with Gasteiger partial charge in [-0.1, -0.05) is 6.07 Å². The predicted octanol–water partition coefficient (Wildman–Crippen LogP) is 0.285. The lowest BCUT2D eigenvalue weighted by Gasteiger charge is -2.23. The molecule has 1 unspecified atom stereocenters. The van der Waals surface area contributed by atoms with Gasteiger partial charge in [-0.15, -0.1) is 0 Å². The molecule has 1 atom stereocenters. The second kappa shape index (κ2) is 6.00. The van der Waals surface area contributed by atoms with Crippen LogP contribution in [0.3, 0.4) is 0 Å². The Balaban J connectivity index is 2.94. The average Bonchev–Trinajstić information content (AvgIpc) is 2.35. The molecule has 1 aromatic rings. The largest absolute Gasteiger partial charge is 0.477 e. The van der Waals surface area contributed by atoms with Crippen LogP contribution in [-0.2, 0) is 9.84 Å². The molecular formula is C12H16N2O5S. The van der Waals surface area contributed by atoms with Gasteiger partial charge in [0.25, 0.3) is 5.91 Å². The van der Waals surface area contributed by atoms with Crippen LogP contribution in [0.4, 0.5) is 0 Å². The summed E-state index contributed by atoms with van der Waals surface area (Å²) in [6, 6.07) is 3.55. The van der Waals surface area contributed by atoms with Crippen LogP contribution < -0.4 is 0 Å². The van der Waals surface area contributed by atoms with E-state index in [2.05, 4.69) is 4.98 Å².